The minimum atomic E-state index is -3.17. The average molecular weight is 1120 g/mol. The van der Waals surface area contributed by atoms with E-state index in [-0.39, 0.29) is 36.7 Å². The van der Waals surface area contributed by atoms with Crippen molar-refractivity contribution in [3.8, 4) is 0 Å². The fourth-order valence-corrected chi connectivity index (χ4v) is 7.40. The number of carbonyl (C=O) groups is 8. The maximum atomic E-state index is 13.0. The van der Waals surface area contributed by atoms with E-state index in [1.165, 1.54) is 0 Å². The molecule has 2 fully saturated rings. The molecule has 0 radical (unpaired) electrons. The first-order valence-electron chi connectivity index (χ1n) is 26.4. The molecule has 2 aliphatic rings. The summed E-state index contributed by atoms with van der Waals surface area (Å²) in [4.78, 5) is 91.4. The van der Waals surface area contributed by atoms with Crippen molar-refractivity contribution >= 4 is 47.8 Å². The molecular formula is C59H96F2O17. The maximum Gasteiger partial charge on any atom is 0.307 e. The van der Waals surface area contributed by atoms with Crippen LogP contribution in [0.25, 0.3) is 0 Å². The number of allylic oxidation sites excluding steroid dienone is 3. The molecule has 0 aromatic heterocycles. The van der Waals surface area contributed by atoms with Crippen LogP contribution in [-0.2, 0) is 62.0 Å². The van der Waals surface area contributed by atoms with Gasteiger partial charge in [-0.1, -0.05) is 107 Å². The van der Waals surface area contributed by atoms with Crippen molar-refractivity contribution in [2.24, 2.45) is 56.2 Å². The molecule has 0 spiro atoms. The van der Waals surface area contributed by atoms with Crippen LogP contribution in [0.2, 0.25) is 0 Å². The number of aliphatic carboxylic acids is 4. The first-order valence-corrected chi connectivity index (χ1v) is 26.4. The Bertz CT molecular complexity index is 1890. The second-order valence-corrected chi connectivity index (χ2v) is 25.5. The van der Waals surface area contributed by atoms with Gasteiger partial charge in [0, 0.05) is 17.3 Å². The predicted octanol–water partition coefficient (Wildman–Crippen LogP) is 12.0. The molecule has 0 saturated heterocycles. The molecule has 4 atom stereocenters. The van der Waals surface area contributed by atoms with Gasteiger partial charge < -0.3 is 44.1 Å². The highest BCUT2D eigenvalue weighted by molar-refractivity contribution is 5.81. The zero-order valence-electron chi connectivity index (χ0n) is 49.3. The summed E-state index contributed by atoms with van der Waals surface area (Å²) in [6.07, 6.45) is 12.1. The lowest BCUT2D eigenvalue weighted by atomic mass is 9.79. The number of ether oxygens (including phenoxy) is 5. The summed E-state index contributed by atoms with van der Waals surface area (Å²) < 4.78 is 51.6. The zero-order chi connectivity index (χ0) is 61.3. The summed E-state index contributed by atoms with van der Waals surface area (Å²) in [5.41, 5.74) is -2.48. The smallest absolute Gasteiger partial charge is 0.307 e. The predicted molar refractivity (Wildman–Crippen MR) is 292 cm³/mol. The number of esters is 4. The molecule has 2 saturated carbocycles. The van der Waals surface area contributed by atoms with E-state index in [9.17, 15) is 52.2 Å². The summed E-state index contributed by atoms with van der Waals surface area (Å²) in [5.74, 6) is -12.7. The monoisotopic (exact) mass is 1110 g/mol. The van der Waals surface area contributed by atoms with Gasteiger partial charge in [0.2, 0.25) is 0 Å². The molecule has 78 heavy (non-hydrogen) atoms. The molecule has 0 unspecified atom stereocenters. The lowest BCUT2D eigenvalue weighted by Crippen LogP contribution is -2.35. The van der Waals surface area contributed by atoms with Crippen molar-refractivity contribution in [3.05, 3.63) is 50.6 Å². The van der Waals surface area contributed by atoms with Gasteiger partial charge in [0.1, 0.15) is 6.61 Å². The number of halogens is 2. The van der Waals surface area contributed by atoms with Crippen LogP contribution in [0.4, 0.5) is 8.78 Å². The van der Waals surface area contributed by atoms with Crippen molar-refractivity contribution < 1.29 is 91.2 Å². The van der Waals surface area contributed by atoms with E-state index >= 15 is 0 Å². The third-order valence-corrected chi connectivity index (χ3v) is 13.4. The minimum Gasteiger partial charge on any atom is -0.481 e. The van der Waals surface area contributed by atoms with E-state index in [0.29, 0.717) is 19.8 Å². The molecule has 0 aromatic carbocycles. The molecule has 17 nitrogen and oxygen atoms in total. The number of carboxylic acids is 4. The summed E-state index contributed by atoms with van der Waals surface area (Å²) in [7, 11) is 0. The minimum absolute atomic E-state index is 0.0592. The van der Waals surface area contributed by atoms with Crippen molar-refractivity contribution in [1.82, 2.24) is 0 Å². The Kier molecular flexibility index (Phi) is 31.2. The van der Waals surface area contributed by atoms with Crippen LogP contribution in [0.15, 0.2) is 50.6 Å². The first kappa shape index (κ1) is 74.6. The van der Waals surface area contributed by atoms with Crippen LogP contribution in [0.5, 0.6) is 0 Å². The Morgan fingerprint density at radius 3 is 1.06 bits per heavy atom. The number of carboxylic acid groups (broad SMARTS) is 4. The van der Waals surface area contributed by atoms with Gasteiger partial charge in [-0.15, -0.1) is 26.3 Å². The number of rotatable bonds is 30. The fourth-order valence-electron chi connectivity index (χ4n) is 7.40. The number of carbonyl (C=O) groups excluding carboxylic acids is 4. The number of hydrogen-bond donors (Lipinski definition) is 4. The van der Waals surface area contributed by atoms with E-state index in [1.807, 2.05) is 53.7 Å². The highest BCUT2D eigenvalue weighted by Gasteiger charge is 2.45. The van der Waals surface area contributed by atoms with Gasteiger partial charge in [-0.05, 0) is 80.5 Å². The van der Waals surface area contributed by atoms with E-state index < -0.39 is 124 Å². The quantitative estimate of drug-likeness (QED) is 0.0296. The van der Waals surface area contributed by atoms with E-state index in [1.54, 1.807) is 61.5 Å². The number of hydrogen-bond acceptors (Lipinski definition) is 13. The van der Waals surface area contributed by atoms with Crippen LogP contribution in [-0.4, -0.2) is 113 Å². The molecule has 2 aliphatic carbocycles. The molecule has 0 bridgehead atoms. The Labute approximate surface area is 463 Å². The Hall–Kier alpha value is -5.46. The summed E-state index contributed by atoms with van der Waals surface area (Å²) in [5, 5.41) is 36.5. The third kappa shape index (κ3) is 32.4. The van der Waals surface area contributed by atoms with Crippen molar-refractivity contribution in [3.63, 3.8) is 0 Å². The standard InChI is InChI=1S/C16H26O4.C15H26O5.C15H24O4.C13H20F2O4/c1-5-6-7-16(8-9-16)11-20-13(17)10-12(14(18)19)15(2,3)4;1-7-8-20-15(5,6)10-19-12(16)9-11(13(17)18)14(2,3)4;1-5-6-15(7-8-15)10-19-12(16)9-11(13(17)18)14(2,3)4;1-5-6-13(14,15)8-19-10(16)7-9(11(17)18)12(2,3)4/h5,12H,1,6-11H2,2-4H3,(H,18,19);7,11H,1,8-10H2,2-6H3,(H,17,18);5,11H,1,6-10H2,2-4H3,(H,17,18);5,9H,1,6-8H2,2-4H3,(H,17,18)/t12-;2*11-;9-/m1111/s1. The van der Waals surface area contributed by atoms with Gasteiger partial charge in [0.25, 0.3) is 5.92 Å². The third-order valence-electron chi connectivity index (χ3n) is 13.4. The van der Waals surface area contributed by atoms with Crippen LogP contribution in [0.3, 0.4) is 0 Å². The lowest BCUT2D eigenvalue weighted by molar-refractivity contribution is -0.161. The van der Waals surface area contributed by atoms with Gasteiger partial charge in [-0.25, -0.2) is 8.78 Å². The molecule has 448 valence electrons. The van der Waals surface area contributed by atoms with Crippen molar-refractivity contribution in [1.29, 1.82) is 0 Å². The van der Waals surface area contributed by atoms with Crippen LogP contribution in [0, 0.1) is 56.2 Å². The Morgan fingerprint density at radius 2 is 0.795 bits per heavy atom. The Balaban J connectivity index is 0. The molecule has 0 aliphatic heterocycles. The van der Waals surface area contributed by atoms with Crippen LogP contribution in [0.1, 0.15) is 174 Å². The highest BCUT2D eigenvalue weighted by Crippen LogP contribution is 2.50. The zero-order valence-corrected chi connectivity index (χ0v) is 49.3. The van der Waals surface area contributed by atoms with Gasteiger partial charge in [0.05, 0.1) is 74.8 Å². The first-order chi connectivity index (χ1) is 35.4. The van der Waals surface area contributed by atoms with Crippen LogP contribution >= 0.6 is 0 Å². The van der Waals surface area contributed by atoms with Gasteiger partial charge in [-0.2, -0.15) is 0 Å². The SMILES string of the molecule is C=CCC(F)(F)COC(=O)C[C@H](C(=O)O)C(C)(C)C.C=CCC1(COC(=O)C[C@H](C(=O)O)C(C)(C)C)CC1.C=CCCC1(COC(=O)C[C@H](C(=O)O)C(C)(C)C)CC1.C=CCOC(C)(C)COC(=O)C[C@H](C(=O)O)C(C)(C)C. The number of alkyl halides is 2. The molecule has 4 N–H and O–H groups in total. The van der Waals surface area contributed by atoms with Crippen molar-refractivity contribution in [2.45, 2.75) is 186 Å². The molecule has 0 aromatic rings. The highest BCUT2D eigenvalue weighted by atomic mass is 19.3. The average Bonchev–Trinajstić information content (AvgIpc) is 4.23. The van der Waals surface area contributed by atoms with Gasteiger partial charge in [0.15, 0.2) is 6.61 Å². The van der Waals surface area contributed by atoms with Crippen LogP contribution < -0.4 is 0 Å². The van der Waals surface area contributed by atoms with E-state index in [0.717, 1.165) is 51.0 Å². The second kappa shape index (κ2) is 32.6. The molecule has 0 heterocycles. The largest absolute Gasteiger partial charge is 0.481 e. The van der Waals surface area contributed by atoms with E-state index in [2.05, 4.69) is 31.1 Å². The summed E-state index contributed by atoms with van der Waals surface area (Å²) in [6.45, 7) is 39.2. The molecular weight excluding hydrogens is 1020 g/mol. The Morgan fingerprint density at radius 1 is 0.474 bits per heavy atom. The van der Waals surface area contributed by atoms with Gasteiger partial charge in [-0.3, -0.25) is 38.4 Å². The molecule has 2 rings (SSSR count). The topological polar surface area (TPSA) is 264 Å². The molecule has 0 amide bonds. The maximum absolute atomic E-state index is 13.0. The summed E-state index contributed by atoms with van der Waals surface area (Å²) in [6, 6.07) is 0. The normalized spacial score (nSPS) is 16.0. The lowest BCUT2D eigenvalue weighted by Gasteiger charge is -2.27. The van der Waals surface area contributed by atoms with E-state index in [4.69, 9.17) is 34.3 Å². The van der Waals surface area contributed by atoms with Crippen molar-refractivity contribution in [2.75, 3.05) is 33.0 Å². The molecule has 19 heteroatoms. The second-order valence-electron chi connectivity index (χ2n) is 25.5. The fraction of sp³-hybridized carbons (Fsp3) is 0.729. The summed E-state index contributed by atoms with van der Waals surface area (Å²) >= 11 is 0. The van der Waals surface area contributed by atoms with Gasteiger partial charge >= 0.3 is 47.8 Å².